The normalized spacial score (nSPS) is 16.4. The molecular formula is C29H22FN3O4S2. The molecule has 1 aliphatic heterocycles. The molecule has 0 aliphatic carbocycles. The summed E-state index contributed by atoms with van der Waals surface area (Å²) in [5.41, 5.74) is 1.45. The number of amides is 1. The number of aliphatic hydroxyl groups excluding tert-OH is 1. The Morgan fingerprint density at radius 2 is 1.77 bits per heavy atom. The zero-order chi connectivity index (χ0) is 27.4. The van der Waals surface area contributed by atoms with Gasteiger partial charge in [-0.05, 0) is 29.3 Å². The number of anilines is 1. The minimum absolute atomic E-state index is 0.0540. The van der Waals surface area contributed by atoms with E-state index in [1.807, 2.05) is 0 Å². The molecule has 7 nitrogen and oxygen atoms in total. The summed E-state index contributed by atoms with van der Waals surface area (Å²) in [7, 11) is 0. The summed E-state index contributed by atoms with van der Waals surface area (Å²) in [5.74, 6) is -1.35. The third kappa shape index (κ3) is 5.47. The number of aliphatic hydroxyl groups is 1. The largest absolute Gasteiger partial charge is 0.507 e. The van der Waals surface area contributed by atoms with Gasteiger partial charge < -0.3 is 9.84 Å². The van der Waals surface area contributed by atoms with Gasteiger partial charge in [0.2, 0.25) is 5.13 Å². The van der Waals surface area contributed by atoms with E-state index in [2.05, 4.69) is 16.8 Å². The molecule has 5 rings (SSSR count). The number of benzene rings is 3. The molecule has 1 N–H and O–H groups in total. The number of nitrogens with zero attached hydrogens (tertiary/aromatic N) is 3. The maximum absolute atomic E-state index is 14.1. The fraction of sp³-hybridized carbons (Fsp3) is 0.103. The number of aromatic nitrogens is 2. The summed E-state index contributed by atoms with van der Waals surface area (Å²) in [6.07, 6.45) is 1.62. The lowest BCUT2D eigenvalue weighted by Gasteiger charge is -2.22. The Balaban J connectivity index is 1.52. The highest BCUT2D eigenvalue weighted by molar-refractivity contribution is 8.00. The van der Waals surface area contributed by atoms with Crippen LogP contribution in [0, 0.1) is 5.82 Å². The van der Waals surface area contributed by atoms with Gasteiger partial charge >= 0.3 is 5.91 Å². The van der Waals surface area contributed by atoms with Gasteiger partial charge in [-0.2, -0.15) is 0 Å². The molecule has 1 atom stereocenters. The number of carbonyl (C=O) groups excluding carboxylic acids is 2. The van der Waals surface area contributed by atoms with E-state index in [9.17, 15) is 19.1 Å². The van der Waals surface area contributed by atoms with Gasteiger partial charge in [-0.15, -0.1) is 10.2 Å². The fourth-order valence-electron chi connectivity index (χ4n) is 4.11. The molecule has 3 aromatic carbocycles. The Labute approximate surface area is 232 Å². The monoisotopic (exact) mass is 559 g/mol. The number of ether oxygens (including phenoxy) is 1. The van der Waals surface area contributed by atoms with E-state index in [0.717, 1.165) is 11.3 Å². The molecule has 1 fully saturated rings. The summed E-state index contributed by atoms with van der Waals surface area (Å²) in [6.45, 7) is 3.96. The Morgan fingerprint density at radius 1 is 1.05 bits per heavy atom. The number of rotatable bonds is 9. The number of carbonyl (C=O) groups is 2. The van der Waals surface area contributed by atoms with Gasteiger partial charge in [0.05, 0.1) is 11.6 Å². The van der Waals surface area contributed by atoms with Gasteiger partial charge in [0, 0.05) is 11.3 Å². The zero-order valence-corrected chi connectivity index (χ0v) is 22.1. The first-order chi connectivity index (χ1) is 19.0. The number of Topliss-reactive ketones (excluding diaryl/α,β-unsaturated/α-hetero) is 1. The average molecular weight is 560 g/mol. The minimum atomic E-state index is -0.948. The quantitative estimate of drug-likeness (QED) is 0.0656. The Bertz CT molecular complexity index is 1550. The second kappa shape index (κ2) is 11.6. The standard InChI is InChI=1S/C29H22FN3O4S2/c1-2-16-37-21-14-12-18(13-15-21)24-23(25(34)19-8-4-3-5-9-19)26(35)27(36)33(24)28-31-32-29(39-28)38-17-20-10-6-7-11-22(20)30/h2-15,24,34H,1,16-17H2/b25-23-. The molecule has 1 unspecified atom stereocenters. The summed E-state index contributed by atoms with van der Waals surface area (Å²) in [5, 5.41) is 19.7. The predicted molar refractivity (Wildman–Crippen MR) is 149 cm³/mol. The lowest BCUT2D eigenvalue weighted by Crippen LogP contribution is -2.29. The number of halogens is 1. The van der Waals surface area contributed by atoms with Crippen LogP contribution < -0.4 is 9.64 Å². The Morgan fingerprint density at radius 3 is 2.49 bits per heavy atom. The van der Waals surface area contributed by atoms with Crippen LogP contribution in [0.15, 0.2) is 101 Å². The summed E-state index contributed by atoms with van der Waals surface area (Å²) in [4.78, 5) is 27.9. The van der Waals surface area contributed by atoms with Crippen molar-refractivity contribution in [3.63, 3.8) is 0 Å². The number of thioether (sulfide) groups is 1. The summed E-state index contributed by atoms with van der Waals surface area (Å²) < 4.78 is 20.1. The van der Waals surface area contributed by atoms with Crippen LogP contribution in [0.25, 0.3) is 5.76 Å². The lowest BCUT2D eigenvalue weighted by molar-refractivity contribution is -0.132. The highest BCUT2D eigenvalue weighted by Gasteiger charge is 2.48. The van der Waals surface area contributed by atoms with Crippen molar-refractivity contribution in [2.45, 2.75) is 16.1 Å². The molecule has 1 amide bonds. The van der Waals surface area contributed by atoms with Crippen LogP contribution in [-0.4, -0.2) is 33.6 Å². The van der Waals surface area contributed by atoms with Crippen molar-refractivity contribution in [1.29, 1.82) is 0 Å². The molecule has 2 heterocycles. The van der Waals surface area contributed by atoms with Crippen molar-refractivity contribution in [2.24, 2.45) is 0 Å². The van der Waals surface area contributed by atoms with Gasteiger partial charge in [0.1, 0.15) is 23.9 Å². The SMILES string of the molecule is C=CCOc1ccc(C2/C(=C(/O)c3ccccc3)C(=O)C(=O)N2c2nnc(SCc3ccccc3F)s2)cc1. The second-order valence-electron chi connectivity index (χ2n) is 8.43. The topological polar surface area (TPSA) is 92.6 Å². The van der Waals surface area contributed by atoms with Gasteiger partial charge in [0.15, 0.2) is 4.34 Å². The van der Waals surface area contributed by atoms with Crippen LogP contribution in [0.4, 0.5) is 9.52 Å². The highest BCUT2D eigenvalue weighted by Crippen LogP contribution is 2.44. The van der Waals surface area contributed by atoms with Gasteiger partial charge in [0.25, 0.3) is 5.78 Å². The summed E-state index contributed by atoms with van der Waals surface area (Å²) in [6, 6.07) is 21.0. The number of hydrogen-bond donors (Lipinski definition) is 1. The first kappa shape index (κ1) is 26.3. The first-order valence-electron chi connectivity index (χ1n) is 11.9. The second-order valence-corrected chi connectivity index (χ2v) is 10.6. The van der Waals surface area contributed by atoms with Crippen molar-refractivity contribution in [3.05, 3.63) is 120 Å². The van der Waals surface area contributed by atoms with E-state index < -0.39 is 17.7 Å². The smallest absolute Gasteiger partial charge is 0.301 e. The van der Waals surface area contributed by atoms with E-state index in [0.29, 0.717) is 39.1 Å². The van der Waals surface area contributed by atoms with Crippen molar-refractivity contribution >= 4 is 45.7 Å². The molecule has 4 aromatic rings. The molecule has 0 spiro atoms. The van der Waals surface area contributed by atoms with Crippen molar-refractivity contribution in [3.8, 4) is 5.75 Å². The average Bonchev–Trinajstić information content (AvgIpc) is 3.53. The van der Waals surface area contributed by atoms with E-state index in [-0.39, 0.29) is 22.3 Å². The summed E-state index contributed by atoms with van der Waals surface area (Å²) >= 11 is 2.39. The number of ketones is 1. The first-order valence-corrected chi connectivity index (χ1v) is 13.7. The van der Waals surface area contributed by atoms with E-state index in [1.54, 1.807) is 78.9 Å². The van der Waals surface area contributed by atoms with E-state index in [4.69, 9.17) is 4.74 Å². The van der Waals surface area contributed by atoms with E-state index >= 15 is 0 Å². The van der Waals surface area contributed by atoms with E-state index in [1.165, 1.54) is 22.7 Å². The molecule has 0 radical (unpaired) electrons. The van der Waals surface area contributed by atoms with Gasteiger partial charge in [-0.1, -0.05) is 96.4 Å². The molecule has 0 bridgehead atoms. The molecule has 196 valence electrons. The maximum Gasteiger partial charge on any atom is 0.301 e. The van der Waals surface area contributed by atoms with Crippen LogP contribution >= 0.6 is 23.1 Å². The zero-order valence-electron chi connectivity index (χ0n) is 20.5. The molecule has 39 heavy (non-hydrogen) atoms. The number of hydrogen-bond acceptors (Lipinski definition) is 8. The third-order valence-corrected chi connectivity index (χ3v) is 8.07. The van der Waals surface area contributed by atoms with Gasteiger partial charge in [-0.25, -0.2) is 4.39 Å². The molecule has 1 aliphatic rings. The fourth-order valence-corrected chi connectivity index (χ4v) is 5.97. The van der Waals surface area contributed by atoms with Crippen molar-refractivity contribution < 1.29 is 23.8 Å². The molecular weight excluding hydrogens is 537 g/mol. The third-order valence-electron chi connectivity index (χ3n) is 5.97. The van der Waals surface area contributed by atoms with Gasteiger partial charge in [-0.3, -0.25) is 14.5 Å². The lowest BCUT2D eigenvalue weighted by atomic mass is 9.95. The molecule has 1 saturated heterocycles. The van der Waals surface area contributed by atoms with Crippen LogP contribution in [-0.2, 0) is 15.3 Å². The Kier molecular flexibility index (Phi) is 7.85. The highest BCUT2D eigenvalue weighted by atomic mass is 32.2. The van der Waals surface area contributed by atoms with Crippen molar-refractivity contribution in [2.75, 3.05) is 11.5 Å². The predicted octanol–water partition coefficient (Wildman–Crippen LogP) is 6.16. The molecule has 0 saturated carbocycles. The van der Waals surface area contributed by atoms with Crippen molar-refractivity contribution in [1.82, 2.24) is 10.2 Å². The maximum atomic E-state index is 14.1. The van der Waals surface area contributed by atoms with Crippen LogP contribution in [0.2, 0.25) is 0 Å². The molecule has 10 heteroatoms. The molecule has 1 aromatic heterocycles. The Hall–Kier alpha value is -4.28. The van der Waals surface area contributed by atoms with Crippen LogP contribution in [0.1, 0.15) is 22.7 Å². The minimum Gasteiger partial charge on any atom is -0.507 e. The van der Waals surface area contributed by atoms with Crippen LogP contribution in [0.5, 0.6) is 5.75 Å². The van der Waals surface area contributed by atoms with Crippen LogP contribution in [0.3, 0.4) is 0 Å².